The van der Waals surface area contributed by atoms with Crippen molar-refractivity contribution in [1.29, 1.82) is 5.26 Å². The van der Waals surface area contributed by atoms with Gasteiger partial charge in [-0.1, -0.05) is 38.0 Å². The van der Waals surface area contributed by atoms with E-state index in [1.54, 1.807) is 18.2 Å². The van der Waals surface area contributed by atoms with Crippen LogP contribution in [0.3, 0.4) is 0 Å². The third-order valence-corrected chi connectivity index (χ3v) is 4.97. The third-order valence-electron chi connectivity index (χ3n) is 4.97. The number of urea groups is 1. The van der Waals surface area contributed by atoms with Crippen LogP contribution < -0.4 is 5.32 Å². The molecule has 1 aromatic rings. The molecule has 1 aliphatic heterocycles. The summed E-state index contributed by atoms with van der Waals surface area (Å²) in [7, 11) is 0. The fourth-order valence-corrected chi connectivity index (χ4v) is 3.58. The van der Waals surface area contributed by atoms with E-state index >= 15 is 0 Å². The van der Waals surface area contributed by atoms with Crippen molar-refractivity contribution in [3.8, 4) is 6.07 Å². The van der Waals surface area contributed by atoms with Crippen LogP contribution in [-0.2, 0) is 11.3 Å². The number of amides is 3. The van der Waals surface area contributed by atoms with Crippen molar-refractivity contribution in [3.63, 3.8) is 0 Å². The van der Waals surface area contributed by atoms with E-state index < -0.39 is 5.54 Å². The molecular formula is C17H19N3O2. The maximum Gasteiger partial charge on any atom is 0.325 e. The van der Waals surface area contributed by atoms with Crippen LogP contribution in [-0.4, -0.2) is 22.4 Å². The van der Waals surface area contributed by atoms with Gasteiger partial charge < -0.3 is 5.32 Å². The van der Waals surface area contributed by atoms with Gasteiger partial charge in [-0.3, -0.25) is 9.69 Å². The van der Waals surface area contributed by atoms with Crippen molar-refractivity contribution in [1.82, 2.24) is 10.2 Å². The van der Waals surface area contributed by atoms with Crippen LogP contribution in [0.5, 0.6) is 0 Å². The molecular weight excluding hydrogens is 278 g/mol. The summed E-state index contributed by atoms with van der Waals surface area (Å²) >= 11 is 0. The Morgan fingerprint density at radius 1 is 1.36 bits per heavy atom. The van der Waals surface area contributed by atoms with Crippen LogP contribution in [0.15, 0.2) is 24.3 Å². The summed E-state index contributed by atoms with van der Waals surface area (Å²) in [6.07, 6.45) is 3.71. The number of carbonyl (C=O) groups is 2. The SMILES string of the molecule is C[C@@H]1CCCC[C@]12NC(=O)N(Cc1ccccc1C#N)C2=O. The maximum absolute atomic E-state index is 12.9. The van der Waals surface area contributed by atoms with Gasteiger partial charge in [-0.15, -0.1) is 0 Å². The van der Waals surface area contributed by atoms with Crippen LogP contribution in [0.4, 0.5) is 4.79 Å². The fraction of sp³-hybridized carbons (Fsp3) is 0.471. The van der Waals surface area contributed by atoms with E-state index in [1.807, 2.05) is 13.0 Å². The Balaban J connectivity index is 1.88. The second-order valence-corrected chi connectivity index (χ2v) is 6.21. The number of nitrogens with zero attached hydrogens (tertiary/aromatic N) is 2. The number of benzene rings is 1. The fourth-order valence-electron chi connectivity index (χ4n) is 3.58. The van der Waals surface area contributed by atoms with Gasteiger partial charge in [0.25, 0.3) is 5.91 Å². The lowest BCUT2D eigenvalue weighted by molar-refractivity contribution is -0.134. The monoisotopic (exact) mass is 297 g/mol. The normalized spacial score (nSPS) is 27.8. The molecule has 1 heterocycles. The summed E-state index contributed by atoms with van der Waals surface area (Å²) in [4.78, 5) is 26.4. The smallest absolute Gasteiger partial charge is 0.323 e. The molecule has 2 aliphatic rings. The predicted octanol–water partition coefficient (Wildman–Crippen LogP) is 2.56. The second kappa shape index (κ2) is 5.45. The molecule has 1 aromatic carbocycles. The van der Waals surface area contributed by atoms with Crippen molar-refractivity contribution in [2.45, 2.75) is 44.7 Å². The lowest BCUT2D eigenvalue weighted by atomic mass is 9.73. The molecule has 0 bridgehead atoms. The molecule has 2 atom stereocenters. The van der Waals surface area contributed by atoms with Gasteiger partial charge in [0.1, 0.15) is 5.54 Å². The molecule has 3 amide bonds. The molecule has 1 N–H and O–H groups in total. The van der Waals surface area contributed by atoms with Crippen LogP contribution in [0.25, 0.3) is 0 Å². The number of imide groups is 1. The molecule has 1 saturated carbocycles. The van der Waals surface area contributed by atoms with Gasteiger partial charge in [0.15, 0.2) is 0 Å². The minimum atomic E-state index is -0.739. The summed E-state index contributed by atoms with van der Waals surface area (Å²) in [6, 6.07) is 8.84. The van der Waals surface area contributed by atoms with Gasteiger partial charge in [-0.05, 0) is 30.4 Å². The number of hydrogen-bond acceptors (Lipinski definition) is 3. The van der Waals surface area contributed by atoms with E-state index in [9.17, 15) is 9.59 Å². The zero-order valence-electron chi connectivity index (χ0n) is 12.6. The highest BCUT2D eigenvalue weighted by molar-refractivity contribution is 6.07. The quantitative estimate of drug-likeness (QED) is 0.853. The van der Waals surface area contributed by atoms with E-state index in [-0.39, 0.29) is 24.4 Å². The van der Waals surface area contributed by atoms with Gasteiger partial charge in [0, 0.05) is 0 Å². The number of carbonyl (C=O) groups excluding carboxylic acids is 2. The van der Waals surface area contributed by atoms with Crippen molar-refractivity contribution in [2.75, 3.05) is 0 Å². The van der Waals surface area contributed by atoms with Crippen molar-refractivity contribution in [2.24, 2.45) is 5.92 Å². The molecule has 1 spiro atoms. The van der Waals surface area contributed by atoms with Crippen LogP contribution >= 0.6 is 0 Å². The highest BCUT2D eigenvalue weighted by Gasteiger charge is 2.54. The van der Waals surface area contributed by atoms with Crippen LogP contribution in [0.2, 0.25) is 0 Å². The molecule has 1 saturated heterocycles. The average molecular weight is 297 g/mol. The summed E-state index contributed by atoms with van der Waals surface area (Å²) in [5.74, 6) is 0.00588. The molecule has 0 unspecified atom stereocenters. The second-order valence-electron chi connectivity index (χ2n) is 6.21. The molecule has 114 valence electrons. The lowest BCUT2D eigenvalue weighted by Gasteiger charge is -2.36. The Kier molecular flexibility index (Phi) is 3.61. The zero-order valence-corrected chi connectivity index (χ0v) is 12.6. The molecule has 0 aromatic heterocycles. The number of nitriles is 1. The molecule has 22 heavy (non-hydrogen) atoms. The van der Waals surface area contributed by atoms with E-state index in [2.05, 4.69) is 11.4 Å². The Morgan fingerprint density at radius 3 is 2.86 bits per heavy atom. The predicted molar refractivity (Wildman–Crippen MR) is 80.6 cm³/mol. The Bertz CT molecular complexity index is 664. The highest BCUT2D eigenvalue weighted by Crippen LogP contribution is 2.38. The topological polar surface area (TPSA) is 73.2 Å². The molecule has 3 rings (SSSR count). The van der Waals surface area contributed by atoms with Crippen molar-refractivity contribution < 1.29 is 9.59 Å². The first-order valence-corrected chi connectivity index (χ1v) is 7.70. The summed E-state index contributed by atoms with van der Waals surface area (Å²) in [5.41, 5.74) is 0.464. The van der Waals surface area contributed by atoms with Gasteiger partial charge in [-0.2, -0.15) is 5.26 Å². The van der Waals surface area contributed by atoms with Crippen LogP contribution in [0, 0.1) is 17.2 Å². The minimum absolute atomic E-state index is 0.141. The van der Waals surface area contributed by atoms with Crippen molar-refractivity contribution >= 4 is 11.9 Å². The van der Waals surface area contributed by atoms with Gasteiger partial charge in [0.05, 0.1) is 18.2 Å². The minimum Gasteiger partial charge on any atom is -0.323 e. The first-order valence-electron chi connectivity index (χ1n) is 7.70. The average Bonchev–Trinajstić information content (AvgIpc) is 2.76. The molecule has 5 heteroatoms. The van der Waals surface area contributed by atoms with Gasteiger partial charge in [-0.25, -0.2) is 4.79 Å². The maximum atomic E-state index is 12.9. The third kappa shape index (κ3) is 2.16. The summed E-state index contributed by atoms with van der Waals surface area (Å²) < 4.78 is 0. The van der Waals surface area contributed by atoms with Gasteiger partial charge in [0.2, 0.25) is 0 Å². The van der Waals surface area contributed by atoms with E-state index in [1.165, 1.54) is 4.90 Å². The first-order chi connectivity index (χ1) is 10.6. The standard InChI is InChI=1S/C17H19N3O2/c1-12-6-4-5-9-17(12)15(21)20(16(22)19-17)11-14-8-3-2-7-13(14)10-18/h2-3,7-8,12H,4-6,9,11H2,1H3,(H,19,22)/t12-,17+/m1/s1. The first kappa shape index (κ1) is 14.6. The molecule has 1 aliphatic carbocycles. The zero-order chi connectivity index (χ0) is 15.7. The van der Waals surface area contributed by atoms with Gasteiger partial charge >= 0.3 is 6.03 Å². The number of nitrogens with one attached hydrogen (secondary N) is 1. The van der Waals surface area contributed by atoms with Crippen LogP contribution in [0.1, 0.15) is 43.7 Å². The van der Waals surface area contributed by atoms with E-state index in [0.29, 0.717) is 17.5 Å². The summed E-state index contributed by atoms with van der Waals surface area (Å²) in [5, 5.41) is 12.1. The lowest BCUT2D eigenvalue weighted by Crippen LogP contribution is -2.53. The molecule has 5 nitrogen and oxygen atoms in total. The molecule has 2 fully saturated rings. The Labute approximate surface area is 129 Å². The number of rotatable bonds is 2. The molecule has 0 radical (unpaired) electrons. The summed E-state index contributed by atoms with van der Waals surface area (Å²) in [6.45, 7) is 2.19. The highest BCUT2D eigenvalue weighted by atomic mass is 16.2. The Morgan fingerprint density at radius 2 is 2.14 bits per heavy atom. The Hall–Kier alpha value is -2.35. The van der Waals surface area contributed by atoms with E-state index in [0.717, 1.165) is 19.3 Å². The van der Waals surface area contributed by atoms with E-state index in [4.69, 9.17) is 5.26 Å². The largest absolute Gasteiger partial charge is 0.325 e. The number of hydrogen-bond donors (Lipinski definition) is 1. The van der Waals surface area contributed by atoms with Crippen molar-refractivity contribution in [3.05, 3.63) is 35.4 Å².